The van der Waals surface area contributed by atoms with Gasteiger partial charge in [0.25, 0.3) is 0 Å². The Hall–Kier alpha value is -1.69. The van der Waals surface area contributed by atoms with Crippen molar-refractivity contribution in [3.8, 4) is 0 Å². The molecular formula is C15H17BrN2O3. The van der Waals surface area contributed by atoms with E-state index in [2.05, 4.69) is 38.3 Å². The summed E-state index contributed by atoms with van der Waals surface area (Å²) in [6.07, 6.45) is 0.820. The summed E-state index contributed by atoms with van der Waals surface area (Å²) in [7, 11) is 0. The van der Waals surface area contributed by atoms with Crippen LogP contribution in [0.3, 0.4) is 0 Å². The van der Waals surface area contributed by atoms with Gasteiger partial charge in [0.15, 0.2) is 0 Å². The second-order valence-corrected chi connectivity index (χ2v) is 5.66. The lowest BCUT2D eigenvalue weighted by Gasteiger charge is -2.06. The minimum atomic E-state index is -0.353. The first-order chi connectivity index (χ1) is 10.1. The Bertz CT molecular complexity index is 595. The molecule has 2 rings (SSSR count). The molecule has 21 heavy (non-hydrogen) atoms. The van der Waals surface area contributed by atoms with Crippen LogP contribution in [0, 0.1) is 0 Å². The van der Waals surface area contributed by atoms with Crippen LogP contribution in [0.2, 0.25) is 0 Å². The standard InChI is InChI=1S/C15H17BrN2O3/c1-3-20-14(19)9-13-17-18-15(21-13)10(2)8-11-4-6-12(16)7-5-11/h4-7,10H,3,8-9H2,1-2H3/t10-/m0/s1. The van der Waals surface area contributed by atoms with Crippen molar-refractivity contribution in [2.45, 2.75) is 32.6 Å². The first kappa shape index (κ1) is 15.7. The van der Waals surface area contributed by atoms with Crippen LogP contribution in [0.4, 0.5) is 0 Å². The van der Waals surface area contributed by atoms with Crippen molar-refractivity contribution in [2.75, 3.05) is 6.61 Å². The molecule has 0 amide bonds. The number of halogens is 1. The van der Waals surface area contributed by atoms with Crippen LogP contribution in [0.5, 0.6) is 0 Å². The molecule has 0 radical (unpaired) electrons. The van der Waals surface area contributed by atoms with Crippen LogP contribution < -0.4 is 0 Å². The minimum Gasteiger partial charge on any atom is -0.466 e. The number of hydrogen-bond donors (Lipinski definition) is 0. The van der Waals surface area contributed by atoms with E-state index in [4.69, 9.17) is 9.15 Å². The van der Waals surface area contributed by atoms with E-state index in [0.717, 1.165) is 10.9 Å². The lowest BCUT2D eigenvalue weighted by molar-refractivity contribution is -0.142. The third-order valence-electron chi connectivity index (χ3n) is 2.96. The Morgan fingerprint density at radius 3 is 2.71 bits per heavy atom. The van der Waals surface area contributed by atoms with Gasteiger partial charge in [0, 0.05) is 10.4 Å². The molecule has 5 nitrogen and oxygen atoms in total. The predicted molar refractivity (Wildman–Crippen MR) is 80.9 cm³/mol. The second kappa shape index (κ2) is 7.36. The van der Waals surface area contributed by atoms with E-state index >= 15 is 0 Å². The number of esters is 1. The van der Waals surface area contributed by atoms with Crippen LogP contribution in [-0.2, 0) is 22.4 Å². The van der Waals surface area contributed by atoms with E-state index in [9.17, 15) is 4.79 Å². The topological polar surface area (TPSA) is 65.2 Å². The average Bonchev–Trinajstić information content (AvgIpc) is 2.90. The fourth-order valence-corrected chi connectivity index (χ4v) is 2.20. The highest BCUT2D eigenvalue weighted by Crippen LogP contribution is 2.20. The summed E-state index contributed by atoms with van der Waals surface area (Å²) < 4.78 is 11.4. The number of carbonyl (C=O) groups is 1. The summed E-state index contributed by atoms with van der Waals surface area (Å²) in [6, 6.07) is 8.11. The molecule has 1 aromatic heterocycles. The molecule has 0 aliphatic carbocycles. The molecule has 0 aliphatic rings. The summed E-state index contributed by atoms with van der Waals surface area (Å²) in [5, 5.41) is 7.90. The second-order valence-electron chi connectivity index (χ2n) is 4.75. The van der Waals surface area contributed by atoms with Crippen LogP contribution in [0.15, 0.2) is 33.2 Å². The molecule has 0 saturated heterocycles. The van der Waals surface area contributed by atoms with E-state index in [1.165, 1.54) is 5.56 Å². The van der Waals surface area contributed by atoms with Crippen LogP contribution in [0.25, 0.3) is 0 Å². The molecule has 0 N–H and O–H groups in total. The Morgan fingerprint density at radius 1 is 1.33 bits per heavy atom. The third-order valence-corrected chi connectivity index (χ3v) is 3.49. The number of hydrogen-bond acceptors (Lipinski definition) is 5. The molecule has 0 fully saturated rings. The van der Waals surface area contributed by atoms with E-state index in [-0.39, 0.29) is 18.3 Å². The highest BCUT2D eigenvalue weighted by atomic mass is 79.9. The Labute approximate surface area is 131 Å². The number of carbonyl (C=O) groups excluding carboxylic acids is 1. The third kappa shape index (κ3) is 4.67. The zero-order valence-electron chi connectivity index (χ0n) is 12.0. The fourth-order valence-electron chi connectivity index (χ4n) is 1.93. The monoisotopic (exact) mass is 352 g/mol. The van der Waals surface area contributed by atoms with Gasteiger partial charge < -0.3 is 9.15 Å². The highest BCUT2D eigenvalue weighted by molar-refractivity contribution is 9.10. The molecule has 0 unspecified atom stereocenters. The van der Waals surface area contributed by atoms with Crippen molar-refractivity contribution in [3.05, 3.63) is 46.1 Å². The zero-order valence-corrected chi connectivity index (χ0v) is 13.6. The van der Waals surface area contributed by atoms with E-state index < -0.39 is 0 Å². The van der Waals surface area contributed by atoms with Gasteiger partial charge in [0.1, 0.15) is 6.42 Å². The number of ether oxygens (including phenoxy) is 1. The molecule has 1 atom stereocenters. The molecule has 0 spiro atoms. The molecular weight excluding hydrogens is 336 g/mol. The maximum absolute atomic E-state index is 11.4. The molecule has 0 aliphatic heterocycles. The number of nitrogens with zero attached hydrogens (tertiary/aromatic N) is 2. The van der Waals surface area contributed by atoms with E-state index in [0.29, 0.717) is 18.4 Å². The average molecular weight is 353 g/mol. The van der Waals surface area contributed by atoms with Gasteiger partial charge in [-0.05, 0) is 31.0 Å². The van der Waals surface area contributed by atoms with Gasteiger partial charge >= 0.3 is 5.97 Å². The maximum atomic E-state index is 11.4. The first-order valence-electron chi connectivity index (χ1n) is 6.80. The van der Waals surface area contributed by atoms with Gasteiger partial charge in [-0.15, -0.1) is 10.2 Å². The summed E-state index contributed by atoms with van der Waals surface area (Å²) in [6.45, 7) is 4.13. The Morgan fingerprint density at radius 2 is 2.05 bits per heavy atom. The molecule has 1 heterocycles. The van der Waals surface area contributed by atoms with Crippen molar-refractivity contribution in [1.29, 1.82) is 0 Å². The quantitative estimate of drug-likeness (QED) is 0.746. The molecule has 0 saturated carbocycles. The lowest BCUT2D eigenvalue weighted by Crippen LogP contribution is -2.07. The summed E-state index contributed by atoms with van der Waals surface area (Å²) in [5.41, 5.74) is 1.19. The first-order valence-corrected chi connectivity index (χ1v) is 7.60. The molecule has 112 valence electrons. The van der Waals surface area contributed by atoms with Crippen molar-refractivity contribution < 1.29 is 13.9 Å². The summed E-state index contributed by atoms with van der Waals surface area (Å²) in [5.74, 6) is 0.575. The number of rotatable bonds is 6. The normalized spacial score (nSPS) is 12.1. The van der Waals surface area contributed by atoms with Crippen LogP contribution in [0.1, 0.15) is 37.1 Å². The van der Waals surface area contributed by atoms with E-state index in [1.54, 1.807) is 6.92 Å². The molecule has 2 aromatic rings. The Balaban J connectivity index is 1.96. The number of aromatic nitrogens is 2. The molecule has 1 aromatic carbocycles. The lowest BCUT2D eigenvalue weighted by atomic mass is 10.0. The van der Waals surface area contributed by atoms with E-state index in [1.807, 2.05) is 19.1 Å². The van der Waals surface area contributed by atoms with Crippen molar-refractivity contribution in [2.24, 2.45) is 0 Å². The molecule has 0 bridgehead atoms. The van der Waals surface area contributed by atoms with Crippen molar-refractivity contribution >= 4 is 21.9 Å². The van der Waals surface area contributed by atoms with Gasteiger partial charge in [0.05, 0.1) is 6.61 Å². The van der Waals surface area contributed by atoms with Gasteiger partial charge in [-0.1, -0.05) is 35.0 Å². The van der Waals surface area contributed by atoms with Gasteiger partial charge in [-0.25, -0.2) is 0 Å². The summed E-state index contributed by atoms with van der Waals surface area (Å²) in [4.78, 5) is 11.4. The summed E-state index contributed by atoms with van der Waals surface area (Å²) >= 11 is 3.41. The van der Waals surface area contributed by atoms with Gasteiger partial charge in [0.2, 0.25) is 11.8 Å². The van der Waals surface area contributed by atoms with Crippen molar-refractivity contribution in [3.63, 3.8) is 0 Å². The minimum absolute atomic E-state index is 0.0197. The van der Waals surface area contributed by atoms with Crippen molar-refractivity contribution in [1.82, 2.24) is 10.2 Å². The SMILES string of the molecule is CCOC(=O)Cc1nnc([C@@H](C)Cc2ccc(Br)cc2)o1. The van der Waals surface area contributed by atoms with Crippen LogP contribution in [-0.4, -0.2) is 22.8 Å². The molecule has 6 heteroatoms. The maximum Gasteiger partial charge on any atom is 0.315 e. The van der Waals surface area contributed by atoms with Crippen LogP contribution >= 0.6 is 15.9 Å². The fraction of sp³-hybridized carbons (Fsp3) is 0.400. The number of benzene rings is 1. The smallest absolute Gasteiger partial charge is 0.315 e. The van der Waals surface area contributed by atoms with Gasteiger partial charge in [-0.2, -0.15) is 0 Å². The van der Waals surface area contributed by atoms with Gasteiger partial charge in [-0.3, -0.25) is 4.79 Å². The zero-order chi connectivity index (χ0) is 15.2. The predicted octanol–water partition coefficient (Wildman–Crippen LogP) is 3.28. The Kier molecular flexibility index (Phi) is 5.50. The largest absolute Gasteiger partial charge is 0.466 e. The highest BCUT2D eigenvalue weighted by Gasteiger charge is 2.16.